The molecule has 3 aromatic heterocycles. The fourth-order valence-electron chi connectivity index (χ4n) is 2.65. The highest BCUT2D eigenvalue weighted by molar-refractivity contribution is 5.92. The molecule has 0 spiro atoms. The summed E-state index contributed by atoms with van der Waals surface area (Å²) in [6.45, 7) is 0. The van der Waals surface area contributed by atoms with Gasteiger partial charge in [-0.25, -0.2) is 15.0 Å². The standard InChI is InChI=1S/C18H12F3N5O/c19-18(20,21)27-12-3-1-11(2-4-12)26-16-9-15(24-10-25-16)13-5-7-22-17-14(13)6-8-23-17/h1-10H,(H,22,23)(H,24,25,26). The first-order chi connectivity index (χ1) is 13.0. The minimum absolute atomic E-state index is 0.289. The Kier molecular flexibility index (Phi) is 4.11. The van der Waals surface area contributed by atoms with E-state index in [2.05, 4.69) is 30.0 Å². The second kappa shape index (κ2) is 6.60. The fourth-order valence-corrected chi connectivity index (χ4v) is 2.65. The summed E-state index contributed by atoms with van der Waals surface area (Å²) >= 11 is 0. The number of rotatable bonds is 4. The summed E-state index contributed by atoms with van der Waals surface area (Å²) in [6.07, 6.45) is 0.178. The lowest BCUT2D eigenvalue weighted by molar-refractivity contribution is -0.274. The third-order valence-corrected chi connectivity index (χ3v) is 3.76. The van der Waals surface area contributed by atoms with E-state index in [4.69, 9.17) is 0 Å². The Morgan fingerprint density at radius 3 is 2.56 bits per heavy atom. The van der Waals surface area contributed by atoms with Gasteiger partial charge in [-0.05, 0) is 36.4 Å². The van der Waals surface area contributed by atoms with Crippen molar-refractivity contribution in [3.63, 3.8) is 0 Å². The van der Waals surface area contributed by atoms with Crippen LogP contribution in [0.5, 0.6) is 5.75 Å². The summed E-state index contributed by atoms with van der Waals surface area (Å²) in [5, 5.41) is 3.96. The van der Waals surface area contributed by atoms with E-state index in [1.807, 2.05) is 12.1 Å². The predicted octanol–water partition coefficient (Wildman–Crippen LogP) is 4.66. The number of pyridine rings is 1. The third kappa shape index (κ3) is 3.81. The number of nitrogens with one attached hydrogen (secondary N) is 2. The molecular weight excluding hydrogens is 359 g/mol. The first-order valence-corrected chi connectivity index (χ1v) is 7.85. The SMILES string of the molecule is FC(F)(F)Oc1ccc(Nc2cc(-c3ccnc4[nH]ccc34)ncn2)cc1. The molecule has 0 fully saturated rings. The average molecular weight is 371 g/mol. The van der Waals surface area contributed by atoms with Crippen molar-refractivity contribution in [3.05, 3.63) is 61.2 Å². The van der Waals surface area contributed by atoms with Gasteiger partial charge in [-0.3, -0.25) is 0 Å². The molecule has 0 saturated heterocycles. The van der Waals surface area contributed by atoms with Crippen molar-refractivity contribution < 1.29 is 17.9 Å². The third-order valence-electron chi connectivity index (χ3n) is 3.76. The molecule has 136 valence electrons. The van der Waals surface area contributed by atoms with Crippen LogP contribution in [0.4, 0.5) is 24.7 Å². The maximum atomic E-state index is 12.2. The van der Waals surface area contributed by atoms with Crippen molar-refractivity contribution in [1.82, 2.24) is 19.9 Å². The Morgan fingerprint density at radius 2 is 1.78 bits per heavy atom. The van der Waals surface area contributed by atoms with Gasteiger partial charge in [-0.15, -0.1) is 13.2 Å². The van der Waals surface area contributed by atoms with Crippen LogP contribution in [-0.4, -0.2) is 26.3 Å². The Labute approximate surface area is 151 Å². The lowest BCUT2D eigenvalue weighted by atomic mass is 10.1. The summed E-state index contributed by atoms with van der Waals surface area (Å²) in [5.74, 6) is 0.216. The van der Waals surface area contributed by atoms with E-state index in [1.165, 1.54) is 30.6 Å². The highest BCUT2D eigenvalue weighted by atomic mass is 19.4. The van der Waals surface area contributed by atoms with Crippen molar-refractivity contribution in [2.45, 2.75) is 6.36 Å². The Hall–Kier alpha value is -3.62. The van der Waals surface area contributed by atoms with Gasteiger partial charge in [-0.2, -0.15) is 0 Å². The van der Waals surface area contributed by atoms with Crippen LogP contribution in [0.3, 0.4) is 0 Å². The number of alkyl halides is 3. The molecule has 4 rings (SSSR count). The smallest absolute Gasteiger partial charge is 0.406 e. The molecule has 0 unspecified atom stereocenters. The van der Waals surface area contributed by atoms with Gasteiger partial charge in [0.1, 0.15) is 23.5 Å². The molecule has 0 aliphatic rings. The van der Waals surface area contributed by atoms with E-state index in [9.17, 15) is 13.2 Å². The highest BCUT2D eigenvalue weighted by Crippen LogP contribution is 2.28. The number of ether oxygens (including phenoxy) is 1. The number of hydrogen-bond donors (Lipinski definition) is 2. The first kappa shape index (κ1) is 16.8. The van der Waals surface area contributed by atoms with Crippen LogP contribution in [0.1, 0.15) is 0 Å². The molecule has 1 aromatic carbocycles. The Balaban J connectivity index is 1.57. The van der Waals surface area contributed by atoms with Crippen molar-refractivity contribution in [2.75, 3.05) is 5.32 Å². The van der Waals surface area contributed by atoms with Gasteiger partial charge in [0.15, 0.2) is 0 Å². The summed E-state index contributed by atoms with van der Waals surface area (Å²) < 4.78 is 40.5. The molecule has 0 amide bonds. The van der Waals surface area contributed by atoms with Gasteiger partial charge in [0, 0.05) is 35.1 Å². The number of aromatic nitrogens is 4. The van der Waals surface area contributed by atoms with Gasteiger partial charge in [0.2, 0.25) is 0 Å². The number of anilines is 2. The second-order valence-corrected chi connectivity index (χ2v) is 5.58. The van der Waals surface area contributed by atoms with Crippen LogP contribution < -0.4 is 10.1 Å². The maximum Gasteiger partial charge on any atom is 0.573 e. The van der Waals surface area contributed by atoms with Crippen molar-refractivity contribution >= 4 is 22.5 Å². The van der Waals surface area contributed by atoms with Crippen LogP contribution in [0.15, 0.2) is 61.2 Å². The van der Waals surface area contributed by atoms with Crippen molar-refractivity contribution in [1.29, 1.82) is 0 Å². The minimum Gasteiger partial charge on any atom is -0.406 e. The van der Waals surface area contributed by atoms with E-state index in [0.717, 1.165) is 16.6 Å². The normalized spacial score (nSPS) is 11.5. The zero-order chi connectivity index (χ0) is 18.9. The number of hydrogen-bond acceptors (Lipinski definition) is 5. The quantitative estimate of drug-likeness (QED) is 0.546. The van der Waals surface area contributed by atoms with Crippen molar-refractivity contribution in [2.24, 2.45) is 0 Å². The molecular formula is C18H12F3N5O. The molecule has 2 N–H and O–H groups in total. The lowest BCUT2D eigenvalue weighted by Crippen LogP contribution is -2.16. The van der Waals surface area contributed by atoms with Gasteiger partial charge in [0.05, 0.1) is 5.69 Å². The monoisotopic (exact) mass is 371 g/mol. The van der Waals surface area contributed by atoms with Gasteiger partial charge in [-0.1, -0.05) is 0 Å². The van der Waals surface area contributed by atoms with Gasteiger partial charge >= 0.3 is 6.36 Å². The second-order valence-electron chi connectivity index (χ2n) is 5.58. The molecule has 0 atom stereocenters. The number of aromatic amines is 1. The van der Waals surface area contributed by atoms with Crippen LogP contribution in [0.2, 0.25) is 0 Å². The van der Waals surface area contributed by atoms with E-state index in [-0.39, 0.29) is 5.75 Å². The summed E-state index contributed by atoms with van der Waals surface area (Å²) in [7, 11) is 0. The number of halogens is 3. The number of benzene rings is 1. The molecule has 0 saturated carbocycles. The van der Waals surface area contributed by atoms with E-state index in [0.29, 0.717) is 17.2 Å². The predicted molar refractivity (Wildman–Crippen MR) is 93.5 cm³/mol. The molecule has 3 heterocycles. The Morgan fingerprint density at radius 1 is 0.963 bits per heavy atom. The van der Waals surface area contributed by atoms with E-state index < -0.39 is 6.36 Å². The number of fused-ring (bicyclic) bond motifs is 1. The zero-order valence-electron chi connectivity index (χ0n) is 13.7. The lowest BCUT2D eigenvalue weighted by Gasteiger charge is -2.10. The van der Waals surface area contributed by atoms with E-state index in [1.54, 1.807) is 18.5 Å². The first-order valence-electron chi connectivity index (χ1n) is 7.85. The summed E-state index contributed by atoms with van der Waals surface area (Å²) in [4.78, 5) is 15.7. The van der Waals surface area contributed by atoms with Gasteiger partial charge < -0.3 is 15.0 Å². The largest absolute Gasteiger partial charge is 0.573 e. The molecule has 0 aliphatic heterocycles. The van der Waals surface area contributed by atoms with Crippen LogP contribution >= 0.6 is 0 Å². The molecule has 0 bridgehead atoms. The maximum absolute atomic E-state index is 12.2. The molecule has 0 radical (unpaired) electrons. The minimum atomic E-state index is -4.72. The van der Waals surface area contributed by atoms with E-state index >= 15 is 0 Å². The number of H-pyrrole nitrogens is 1. The van der Waals surface area contributed by atoms with Crippen molar-refractivity contribution in [3.8, 4) is 17.0 Å². The molecule has 6 nitrogen and oxygen atoms in total. The van der Waals surface area contributed by atoms with Crippen LogP contribution in [-0.2, 0) is 0 Å². The zero-order valence-corrected chi connectivity index (χ0v) is 13.7. The van der Waals surface area contributed by atoms with Crippen LogP contribution in [0.25, 0.3) is 22.3 Å². The molecule has 9 heteroatoms. The topological polar surface area (TPSA) is 75.7 Å². The number of nitrogens with zero attached hydrogens (tertiary/aromatic N) is 3. The molecule has 4 aromatic rings. The van der Waals surface area contributed by atoms with Crippen LogP contribution in [0, 0.1) is 0 Å². The molecule has 27 heavy (non-hydrogen) atoms. The highest BCUT2D eigenvalue weighted by Gasteiger charge is 2.30. The molecule has 0 aliphatic carbocycles. The summed E-state index contributed by atoms with van der Waals surface area (Å²) in [5.41, 5.74) is 2.90. The van der Waals surface area contributed by atoms with Gasteiger partial charge in [0.25, 0.3) is 0 Å². The average Bonchev–Trinajstić information content (AvgIpc) is 3.11. The Bertz CT molecular complexity index is 1080. The fraction of sp³-hybridized carbons (Fsp3) is 0.0556. The summed E-state index contributed by atoms with van der Waals surface area (Å²) in [6, 6.07) is 10.9.